The third kappa shape index (κ3) is 2.77. The quantitative estimate of drug-likeness (QED) is 0.858. The van der Waals surface area contributed by atoms with Crippen LogP contribution >= 0.6 is 15.9 Å². The average Bonchev–Trinajstić information content (AvgIpc) is 2.96. The van der Waals surface area contributed by atoms with Crippen LogP contribution in [0.15, 0.2) is 36.4 Å². The number of amides is 1. The summed E-state index contributed by atoms with van der Waals surface area (Å²) < 4.78 is 0. The number of aromatic hydroxyl groups is 1. The molecule has 0 saturated carbocycles. The molecule has 21 heavy (non-hydrogen) atoms. The first-order valence-electron chi connectivity index (χ1n) is 7.26. The van der Waals surface area contributed by atoms with Gasteiger partial charge in [0.1, 0.15) is 5.75 Å². The second kappa shape index (κ2) is 6.06. The number of carbonyl (C=O) groups excluding carboxylic acids is 1. The molecule has 2 aromatic rings. The summed E-state index contributed by atoms with van der Waals surface area (Å²) in [5, 5.41) is 13.1. The molecule has 1 amide bonds. The van der Waals surface area contributed by atoms with Crippen molar-refractivity contribution in [1.29, 1.82) is 0 Å². The van der Waals surface area contributed by atoms with E-state index in [9.17, 15) is 9.90 Å². The van der Waals surface area contributed by atoms with Crippen molar-refractivity contribution in [3.05, 3.63) is 42.0 Å². The maximum Gasteiger partial charge on any atom is 0.257 e. The highest BCUT2D eigenvalue weighted by molar-refractivity contribution is 9.09. The molecule has 1 saturated heterocycles. The van der Waals surface area contributed by atoms with Crippen molar-refractivity contribution in [3.8, 4) is 5.75 Å². The topological polar surface area (TPSA) is 40.5 Å². The van der Waals surface area contributed by atoms with Crippen LogP contribution in [-0.4, -0.2) is 34.3 Å². The Morgan fingerprint density at radius 1 is 1.29 bits per heavy atom. The average molecular weight is 348 g/mol. The molecule has 3 rings (SSSR count). The van der Waals surface area contributed by atoms with Gasteiger partial charge < -0.3 is 10.0 Å². The fraction of sp³-hybridized carbons (Fsp3) is 0.353. The van der Waals surface area contributed by atoms with Gasteiger partial charge in [-0.1, -0.05) is 46.3 Å². The van der Waals surface area contributed by atoms with Gasteiger partial charge in [0.25, 0.3) is 5.91 Å². The number of benzene rings is 2. The monoisotopic (exact) mass is 347 g/mol. The van der Waals surface area contributed by atoms with E-state index in [0.717, 1.165) is 42.0 Å². The van der Waals surface area contributed by atoms with Gasteiger partial charge in [-0.15, -0.1) is 0 Å². The normalized spacial score (nSPS) is 18.3. The van der Waals surface area contributed by atoms with E-state index in [4.69, 9.17) is 0 Å². The molecule has 1 aliphatic heterocycles. The highest BCUT2D eigenvalue weighted by atomic mass is 79.9. The number of fused-ring (bicyclic) bond motifs is 1. The van der Waals surface area contributed by atoms with Crippen LogP contribution < -0.4 is 0 Å². The van der Waals surface area contributed by atoms with E-state index in [1.807, 2.05) is 35.2 Å². The molecule has 1 aliphatic rings. The van der Waals surface area contributed by atoms with Crippen molar-refractivity contribution in [2.45, 2.75) is 12.8 Å². The van der Waals surface area contributed by atoms with E-state index < -0.39 is 0 Å². The van der Waals surface area contributed by atoms with E-state index >= 15 is 0 Å². The molecule has 0 bridgehead atoms. The second-order valence-electron chi connectivity index (χ2n) is 5.57. The van der Waals surface area contributed by atoms with Crippen molar-refractivity contribution in [2.24, 2.45) is 5.92 Å². The van der Waals surface area contributed by atoms with Crippen molar-refractivity contribution in [1.82, 2.24) is 4.90 Å². The minimum absolute atomic E-state index is 0.0599. The number of hydrogen-bond donors (Lipinski definition) is 1. The lowest BCUT2D eigenvalue weighted by Crippen LogP contribution is -2.28. The van der Waals surface area contributed by atoms with Gasteiger partial charge in [-0.3, -0.25) is 4.79 Å². The molecule has 2 aromatic carbocycles. The molecule has 110 valence electrons. The first kappa shape index (κ1) is 14.4. The fourth-order valence-electron chi connectivity index (χ4n) is 3.01. The van der Waals surface area contributed by atoms with Crippen LogP contribution in [0.2, 0.25) is 0 Å². The standard InChI is InChI=1S/C17H18BrNO2/c18-9-7-12-8-10-19(11-12)17(21)15-6-5-13-3-1-2-4-14(13)16(15)20/h1-6,12,20H,7-11H2. The predicted octanol–water partition coefficient (Wildman–Crippen LogP) is 3.79. The summed E-state index contributed by atoms with van der Waals surface area (Å²) in [6.45, 7) is 1.57. The summed E-state index contributed by atoms with van der Waals surface area (Å²) in [6.07, 6.45) is 2.14. The Morgan fingerprint density at radius 2 is 2.10 bits per heavy atom. The Kier molecular flexibility index (Phi) is 4.15. The minimum atomic E-state index is -0.0599. The van der Waals surface area contributed by atoms with Gasteiger partial charge in [0.15, 0.2) is 0 Å². The molecule has 0 aliphatic carbocycles. The molecule has 4 heteroatoms. The number of likely N-dealkylation sites (tertiary alicyclic amines) is 1. The van der Waals surface area contributed by atoms with Crippen LogP contribution in [-0.2, 0) is 0 Å². The number of alkyl halides is 1. The first-order chi connectivity index (χ1) is 10.2. The van der Waals surface area contributed by atoms with Crippen LogP contribution in [0.4, 0.5) is 0 Å². The number of nitrogens with zero attached hydrogens (tertiary/aromatic N) is 1. The minimum Gasteiger partial charge on any atom is -0.506 e. The Bertz CT molecular complexity index is 671. The third-order valence-electron chi connectivity index (χ3n) is 4.22. The van der Waals surface area contributed by atoms with Crippen molar-refractivity contribution < 1.29 is 9.90 Å². The SMILES string of the molecule is O=C(c1ccc2ccccc2c1O)N1CCC(CCBr)C1. The number of rotatable bonds is 3. The largest absolute Gasteiger partial charge is 0.506 e. The first-order valence-corrected chi connectivity index (χ1v) is 8.39. The smallest absolute Gasteiger partial charge is 0.257 e. The summed E-state index contributed by atoms with van der Waals surface area (Å²) in [4.78, 5) is 14.5. The number of carbonyl (C=O) groups is 1. The van der Waals surface area contributed by atoms with Gasteiger partial charge in [0.05, 0.1) is 5.56 Å². The van der Waals surface area contributed by atoms with Gasteiger partial charge in [0, 0.05) is 23.8 Å². The molecule has 1 heterocycles. The van der Waals surface area contributed by atoms with Gasteiger partial charge in [-0.05, 0) is 30.2 Å². The van der Waals surface area contributed by atoms with Crippen molar-refractivity contribution in [3.63, 3.8) is 0 Å². The lowest BCUT2D eigenvalue weighted by Gasteiger charge is -2.17. The Hall–Kier alpha value is -1.55. The zero-order chi connectivity index (χ0) is 14.8. The third-order valence-corrected chi connectivity index (χ3v) is 4.68. The summed E-state index contributed by atoms with van der Waals surface area (Å²) >= 11 is 3.46. The van der Waals surface area contributed by atoms with Gasteiger partial charge >= 0.3 is 0 Å². The number of phenols is 1. The molecule has 1 fully saturated rings. The maximum atomic E-state index is 12.6. The summed E-state index contributed by atoms with van der Waals surface area (Å²) in [5.41, 5.74) is 0.410. The van der Waals surface area contributed by atoms with E-state index in [1.54, 1.807) is 6.07 Å². The van der Waals surface area contributed by atoms with Crippen LogP contribution in [0.3, 0.4) is 0 Å². The molecular formula is C17H18BrNO2. The number of halogens is 1. The predicted molar refractivity (Wildman–Crippen MR) is 88.0 cm³/mol. The van der Waals surface area contributed by atoms with Crippen molar-refractivity contribution >= 4 is 32.6 Å². The fourth-order valence-corrected chi connectivity index (χ4v) is 3.65. The Balaban J connectivity index is 1.87. The van der Waals surface area contributed by atoms with E-state index in [2.05, 4.69) is 15.9 Å². The van der Waals surface area contributed by atoms with Crippen LogP contribution in [0.25, 0.3) is 10.8 Å². The number of phenolic OH excluding ortho intramolecular Hbond substituents is 1. The zero-order valence-corrected chi connectivity index (χ0v) is 13.3. The number of hydrogen-bond acceptors (Lipinski definition) is 2. The molecule has 0 aromatic heterocycles. The van der Waals surface area contributed by atoms with Crippen LogP contribution in [0.1, 0.15) is 23.2 Å². The lowest BCUT2D eigenvalue weighted by molar-refractivity contribution is 0.0784. The lowest BCUT2D eigenvalue weighted by atomic mass is 10.0. The molecule has 0 radical (unpaired) electrons. The molecule has 1 unspecified atom stereocenters. The van der Waals surface area contributed by atoms with Gasteiger partial charge in [-0.2, -0.15) is 0 Å². The molecule has 1 N–H and O–H groups in total. The summed E-state index contributed by atoms with van der Waals surface area (Å²) in [7, 11) is 0. The highest BCUT2D eigenvalue weighted by Crippen LogP contribution is 2.31. The van der Waals surface area contributed by atoms with E-state index in [-0.39, 0.29) is 11.7 Å². The van der Waals surface area contributed by atoms with Gasteiger partial charge in [0.2, 0.25) is 0 Å². The van der Waals surface area contributed by atoms with Gasteiger partial charge in [-0.25, -0.2) is 0 Å². The highest BCUT2D eigenvalue weighted by Gasteiger charge is 2.28. The molecule has 3 nitrogen and oxygen atoms in total. The molecule has 0 spiro atoms. The second-order valence-corrected chi connectivity index (χ2v) is 6.36. The van der Waals surface area contributed by atoms with E-state index in [0.29, 0.717) is 11.5 Å². The maximum absolute atomic E-state index is 12.6. The Morgan fingerprint density at radius 3 is 2.90 bits per heavy atom. The molecular weight excluding hydrogens is 330 g/mol. The summed E-state index contributed by atoms with van der Waals surface area (Å²) in [6, 6.07) is 11.2. The van der Waals surface area contributed by atoms with Crippen LogP contribution in [0, 0.1) is 5.92 Å². The van der Waals surface area contributed by atoms with E-state index in [1.165, 1.54) is 0 Å². The zero-order valence-electron chi connectivity index (χ0n) is 11.8. The van der Waals surface area contributed by atoms with Crippen LogP contribution in [0.5, 0.6) is 5.75 Å². The Labute approximate surface area is 132 Å². The van der Waals surface area contributed by atoms with Crippen molar-refractivity contribution in [2.75, 3.05) is 18.4 Å². The summed E-state index contributed by atoms with van der Waals surface area (Å²) in [5.74, 6) is 0.605. The molecule has 1 atom stereocenters.